The molecule has 2 rings (SSSR count). The summed E-state index contributed by atoms with van der Waals surface area (Å²) < 4.78 is 0. The molecule has 0 bridgehead atoms. The molecule has 1 radical (unpaired) electrons. The van der Waals surface area contributed by atoms with Gasteiger partial charge in [-0.2, -0.15) is 0 Å². The number of benzene rings is 1. The van der Waals surface area contributed by atoms with Crippen molar-refractivity contribution in [2.24, 2.45) is 0 Å². The van der Waals surface area contributed by atoms with Crippen molar-refractivity contribution in [1.82, 2.24) is 9.80 Å². The number of amides is 1. The summed E-state index contributed by atoms with van der Waals surface area (Å²) in [6.07, 6.45) is 0. The van der Waals surface area contributed by atoms with Crippen LogP contribution in [-0.4, -0.2) is 63.8 Å². The third-order valence-corrected chi connectivity index (χ3v) is 3.52. The molecule has 1 amide bonds. The lowest BCUT2D eigenvalue weighted by atomic mass is 10.1. The van der Waals surface area contributed by atoms with Crippen LogP contribution in [0, 0.1) is 5.92 Å². The Morgan fingerprint density at radius 1 is 1.05 bits per heavy atom. The van der Waals surface area contributed by atoms with Crippen LogP contribution < -0.4 is 0 Å². The van der Waals surface area contributed by atoms with E-state index in [1.807, 2.05) is 0 Å². The summed E-state index contributed by atoms with van der Waals surface area (Å²) in [6.45, 7) is 7.91. The van der Waals surface area contributed by atoms with Gasteiger partial charge in [-0.3, -0.25) is 9.69 Å². The van der Waals surface area contributed by atoms with E-state index in [9.17, 15) is 20.1 Å². The first-order valence-electron chi connectivity index (χ1n) is 6.94. The summed E-state index contributed by atoms with van der Waals surface area (Å²) >= 11 is 0. The van der Waals surface area contributed by atoms with Crippen molar-refractivity contribution in [2.45, 2.75) is 13.8 Å². The predicted molar refractivity (Wildman–Crippen MR) is 78.4 cm³/mol. The highest BCUT2D eigenvalue weighted by Crippen LogP contribution is 2.35. The molecule has 115 valence electrons. The van der Waals surface area contributed by atoms with Crippen molar-refractivity contribution in [2.75, 3.05) is 32.7 Å². The van der Waals surface area contributed by atoms with Gasteiger partial charge in [0.05, 0.1) is 0 Å². The van der Waals surface area contributed by atoms with Crippen LogP contribution in [0.1, 0.15) is 24.2 Å². The van der Waals surface area contributed by atoms with Crippen LogP contribution in [0.5, 0.6) is 17.2 Å². The molecule has 1 aromatic rings. The molecule has 1 saturated heterocycles. The molecule has 0 aromatic heterocycles. The molecule has 1 heterocycles. The molecule has 1 aliphatic heterocycles. The monoisotopic (exact) mass is 293 g/mol. The molecule has 0 unspecified atom stereocenters. The maximum Gasteiger partial charge on any atom is 0.254 e. The number of hydrogen-bond acceptors (Lipinski definition) is 5. The molecule has 0 spiro atoms. The van der Waals surface area contributed by atoms with Crippen LogP contribution in [0.4, 0.5) is 0 Å². The van der Waals surface area contributed by atoms with Crippen LogP contribution in [0.2, 0.25) is 0 Å². The Labute approximate surface area is 124 Å². The van der Waals surface area contributed by atoms with E-state index in [0.29, 0.717) is 13.1 Å². The second kappa shape index (κ2) is 6.22. The molecule has 6 heteroatoms. The van der Waals surface area contributed by atoms with Gasteiger partial charge in [0.2, 0.25) is 0 Å². The molecule has 1 aliphatic rings. The largest absolute Gasteiger partial charge is 0.504 e. The van der Waals surface area contributed by atoms with Crippen molar-refractivity contribution in [3.8, 4) is 17.2 Å². The molecule has 3 N–H and O–H groups in total. The van der Waals surface area contributed by atoms with Crippen molar-refractivity contribution in [3.05, 3.63) is 23.6 Å². The minimum absolute atomic E-state index is 0.175. The number of carbonyl (C=O) groups excluding carboxylic acids is 1. The van der Waals surface area contributed by atoms with Gasteiger partial charge < -0.3 is 20.2 Å². The van der Waals surface area contributed by atoms with Crippen LogP contribution in [0.15, 0.2) is 12.1 Å². The van der Waals surface area contributed by atoms with Gasteiger partial charge in [0.1, 0.15) is 0 Å². The van der Waals surface area contributed by atoms with Crippen molar-refractivity contribution < 1.29 is 20.1 Å². The number of nitrogens with zero attached hydrogens (tertiary/aromatic N) is 2. The minimum atomic E-state index is -0.606. The molecule has 0 saturated carbocycles. The predicted octanol–water partition coefficient (Wildman–Crippen LogP) is 1.18. The molecule has 6 nitrogen and oxygen atoms in total. The maximum absolute atomic E-state index is 12.3. The summed E-state index contributed by atoms with van der Waals surface area (Å²) in [5, 5.41) is 28.3. The highest BCUT2D eigenvalue weighted by Gasteiger charge is 2.24. The Hall–Kier alpha value is -1.95. The average Bonchev–Trinajstić information content (AvgIpc) is 2.43. The number of phenolic OH excluding ortho intramolecular Hbond substituents is 3. The number of piperazine rings is 1. The van der Waals surface area contributed by atoms with Crippen LogP contribution in [0.3, 0.4) is 0 Å². The second-order valence-corrected chi connectivity index (χ2v) is 5.64. The fourth-order valence-corrected chi connectivity index (χ4v) is 2.47. The minimum Gasteiger partial charge on any atom is -0.504 e. The summed E-state index contributed by atoms with van der Waals surface area (Å²) in [6, 6.07) is 2.35. The van der Waals surface area contributed by atoms with Gasteiger partial charge in [-0.25, -0.2) is 0 Å². The Balaban J connectivity index is 2.02. The van der Waals surface area contributed by atoms with E-state index in [4.69, 9.17) is 0 Å². The number of hydrogen-bond donors (Lipinski definition) is 3. The Morgan fingerprint density at radius 3 is 2.05 bits per heavy atom. The topological polar surface area (TPSA) is 84.2 Å². The molecule has 0 atom stereocenters. The standard InChI is InChI=1S/C15H21N2O4/c1-10(2)9-16-3-5-17(6-4-16)15(21)11-7-12(18)14(20)13(19)8-11/h7-8,18-20H,3-6,9H2,1-2H3. The molecule has 1 fully saturated rings. The van der Waals surface area contributed by atoms with Crippen molar-refractivity contribution >= 4 is 5.91 Å². The summed E-state index contributed by atoms with van der Waals surface area (Å²) in [7, 11) is 0. The Morgan fingerprint density at radius 2 is 1.57 bits per heavy atom. The Bertz CT molecular complexity index is 499. The first kappa shape index (κ1) is 15.4. The number of phenols is 3. The number of aromatic hydroxyl groups is 3. The van der Waals surface area contributed by atoms with Gasteiger partial charge in [-0.1, -0.05) is 13.8 Å². The third kappa shape index (κ3) is 3.58. The molecule has 0 aliphatic carbocycles. The quantitative estimate of drug-likeness (QED) is 0.729. The smallest absolute Gasteiger partial charge is 0.254 e. The first-order valence-corrected chi connectivity index (χ1v) is 6.94. The zero-order valence-corrected chi connectivity index (χ0v) is 12.3. The van der Waals surface area contributed by atoms with E-state index >= 15 is 0 Å². The van der Waals surface area contributed by atoms with E-state index in [1.54, 1.807) is 4.90 Å². The van der Waals surface area contributed by atoms with Crippen LogP contribution in [0.25, 0.3) is 0 Å². The van der Waals surface area contributed by atoms with Crippen LogP contribution in [-0.2, 0) is 0 Å². The van der Waals surface area contributed by atoms with E-state index in [1.165, 1.54) is 18.1 Å². The summed E-state index contributed by atoms with van der Waals surface area (Å²) in [5.41, 5.74) is 0.175. The number of rotatable bonds is 3. The van der Waals surface area contributed by atoms with Gasteiger partial charge in [0, 0.05) is 38.3 Å². The lowest BCUT2D eigenvalue weighted by molar-refractivity contribution is 0.0642. The SMILES string of the molecule is C[C](C)CN1CCN(C(=O)c2cc(O)c(O)c(O)c2)CC1. The fraction of sp³-hybridized carbons (Fsp3) is 0.467. The molecule has 21 heavy (non-hydrogen) atoms. The zero-order valence-electron chi connectivity index (χ0n) is 12.3. The highest BCUT2D eigenvalue weighted by atomic mass is 16.3. The molecule has 1 aromatic carbocycles. The van der Waals surface area contributed by atoms with Gasteiger partial charge in [0.25, 0.3) is 5.91 Å². The molecular formula is C15H21N2O4. The van der Waals surface area contributed by atoms with Gasteiger partial charge in [-0.15, -0.1) is 0 Å². The van der Waals surface area contributed by atoms with Gasteiger partial charge in [0.15, 0.2) is 17.2 Å². The van der Waals surface area contributed by atoms with Crippen molar-refractivity contribution in [3.63, 3.8) is 0 Å². The summed E-state index contributed by atoms with van der Waals surface area (Å²) in [5.74, 6) is -0.507. The second-order valence-electron chi connectivity index (χ2n) is 5.64. The summed E-state index contributed by atoms with van der Waals surface area (Å²) in [4.78, 5) is 16.3. The van der Waals surface area contributed by atoms with Crippen molar-refractivity contribution in [1.29, 1.82) is 0 Å². The van der Waals surface area contributed by atoms with Crippen LogP contribution >= 0.6 is 0 Å². The number of carbonyl (C=O) groups is 1. The van der Waals surface area contributed by atoms with E-state index < -0.39 is 17.2 Å². The lowest BCUT2D eigenvalue weighted by Gasteiger charge is -2.35. The van der Waals surface area contributed by atoms with E-state index in [0.717, 1.165) is 19.6 Å². The van der Waals surface area contributed by atoms with E-state index in [2.05, 4.69) is 18.7 Å². The van der Waals surface area contributed by atoms with E-state index in [-0.39, 0.29) is 11.5 Å². The zero-order chi connectivity index (χ0) is 15.6. The third-order valence-electron chi connectivity index (χ3n) is 3.52. The molecular weight excluding hydrogens is 272 g/mol. The average molecular weight is 293 g/mol. The Kier molecular flexibility index (Phi) is 4.57. The lowest BCUT2D eigenvalue weighted by Crippen LogP contribution is -2.49. The highest BCUT2D eigenvalue weighted by molar-refractivity contribution is 5.95. The fourth-order valence-electron chi connectivity index (χ4n) is 2.47. The normalized spacial score (nSPS) is 16.4. The van der Waals surface area contributed by atoms with Gasteiger partial charge >= 0.3 is 0 Å². The van der Waals surface area contributed by atoms with Gasteiger partial charge in [-0.05, 0) is 18.1 Å². The first-order chi connectivity index (χ1) is 9.88. The maximum atomic E-state index is 12.3.